The number of hydrogen-bond acceptors (Lipinski definition) is 3. The second-order valence-electron chi connectivity index (χ2n) is 5.58. The summed E-state index contributed by atoms with van der Waals surface area (Å²) in [5.41, 5.74) is 1.01. The number of unbranched alkanes of at least 4 members (excludes halogenated alkanes) is 1. The number of phenolic OH excluding ortho intramolecular Hbond substituents is 1. The zero-order chi connectivity index (χ0) is 15.4. The molecule has 3 N–H and O–H groups in total. The van der Waals surface area contributed by atoms with Crippen LogP contribution in [0.5, 0.6) is 5.75 Å². The van der Waals surface area contributed by atoms with Crippen molar-refractivity contribution in [3.63, 3.8) is 0 Å². The van der Waals surface area contributed by atoms with Crippen molar-refractivity contribution in [3.05, 3.63) is 29.8 Å². The second kappa shape index (κ2) is 6.61. The van der Waals surface area contributed by atoms with Crippen LogP contribution in [0.3, 0.4) is 0 Å². The van der Waals surface area contributed by atoms with Crippen LogP contribution in [0, 0.1) is 5.92 Å². The van der Waals surface area contributed by atoms with E-state index >= 15 is 0 Å². The first-order chi connectivity index (χ1) is 10.0. The fraction of sp³-hybridized carbons (Fsp3) is 0.500. The summed E-state index contributed by atoms with van der Waals surface area (Å²) in [7, 11) is 0. The van der Waals surface area contributed by atoms with Gasteiger partial charge in [-0.2, -0.15) is 0 Å². The SMILES string of the molecule is CCCCC(NC(=O)C1CC1c1ccc(O)cc1)C(=O)O. The number of rotatable bonds is 7. The number of hydrogen-bond donors (Lipinski definition) is 3. The Balaban J connectivity index is 1.90. The molecule has 0 aromatic heterocycles. The molecular formula is C16H21NO4. The summed E-state index contributed by atoms with van der Waals surface area (Å²) in [5.74, 6) is -0.981. The van der Waals surface area contributed by atoms with Crippen LogP contribution >= 0.6 is 0 Å². The van der Waals surface area contributed by atoms with Crippen molar-refractivity contribution >= 4 is 11.9 Å². The fourth-order valence-corrected chi connectivity index (χ4v) is 2.52. The molecular weight excluding hydrogens is 270 g/mol. The van der Waals surface area contributed by atoms with Gasteiger partial charge in [0, 0.05) is 5.92 Å². The second-order valence-corrected chi connectivity index (χ2v) is 5.58. The molecule has 0 saturated heterocycles. The molecule has 3 unspecified atom stereocenters. The molecule has 0 bridgehead atoms. The van der Waals surface area contributed by atoms with Crippen LogP contribution in [-0.2, 0) is 9.59 Å². The van der Waals surface area contributed by atoms with Gasteiger partial charge >= 0.3 is 5.97 Å². The lowest BCUT2D eigenvalue weighted by Gasteiger charge is -2.14. The third-order valence-corrected chi connectivity index (χ3v) is 3.91. The van der Waals surface area contributed by atoms with Crippen LogP contribution in [0.25, 0.3) is 0 Å². The first-order valence-electron chi connectivity index (χ1n) is 7.35. The smallest absolute Gasteiger partial charge is 0.326 e. The zero-order valence-corrected chi connectivity index (χ0v) is 12.1. The Labute approximate surface area is 124 Å². The van der Waals surface area contributed by atoms with Gasteiger partial charge in [-0.15, -0.1) is 0 Å². The van der Waals surface area contributed by atoms with Gasteiger partial charge in [0.1, 0.15) is 11.8 Å². The molecule has 3 atom stereocenters. The first kappa shape index (κ1) is 15.4. The largest absolute Gasteiger partial charge is 0.508 e. The molecule has 5 nitrogen and oxygen atoms in total. The van der Waals surface area contributed by atoms with Gasteiger partial charge in [0.25, 0.3) is 0 Å². The number of amides is 1. The van der Waals surface area contributed by atoms with Crippen LogP contribution in [0.4, 0.5) is 0 Å². The summed E-state index contributed by atoms with van der Waals surface area (Å²) >= 11 is 0. The number of aromatic hydroxyl groups is 1. The normalized spacial score (nSPS) is 21.6. The maximum Gasteiger partial charge on any atom is 0.326 e. The van der Waals surface area contributed by atoms with Gasteiger partial charge in [0.15, 0.2) is 0 Å². The molecule has 1 aliphatic carbocycles. The zero-order valence-electron chi connectivity index (χ0n) is 12.1. The van der Waals surface area contributed by atoms with Gasteiger partial charge in [-0.05, 0) is 36.5 Å². The maximum absolute atomic E-state index is 12.1. The maximum atomic E-state index is 12.1. The molecule has 1 aromatic rings. The third kappa shape index (κ3) is 3.97. The minimum absolute atomic E-state index is 0.131. The van der Waals surface area contributed by atoms with Gasteiger partial charge in [0.2, 0.25) is 5.91 Å². The third-order valence-electron chi connectivity index (χ3n) is 3.91. The van der Waals surface area contributed by atoms with Gasteiger partial charge in [-0.25, -0.2) is 4.79 Å². The molecule has 1 aromatic carbocycles. The Morgan fingerprint density at radius 1 is 1.33 bits per heavy atom. The lowest BCUT2D eigenvalue weighted by atomic mass is 10.1. The number of carboxylic acids is 1. The summed E-state index contributed by atoms with van der Waals surface area (Å²) in [6, 6.07) is 6.02. The summed E-state index contributed by atoms with van der Waals surface area (Å²) in [6.07, 6.45) is 2.88. The lowest BCUT2D eigenvalue weighted by molar-refractivity contribution is -0.142. The number of carbonyl (C=O) groups is 2. The van der Waals surface area contributed by atoms with Crippen molar-refractivity contribution in [2.45, 2.75) is 44.6 Å². The average molecular weight is 291 g/mol. The lowest BCUT2D eigenvalue weighted by Crippen LogP contribution is -2.41. The molecule has 1 amide bonds. The summed E-state index contributed by atoms with van der Waals surface area (Å²) in [5, 5.41) is 21.0. The Bertz CT molecular complexity index is 512. The predicted octanol–water partition coefficient (Wildman–Crippen LogP) is 2.26. The number of aliphatic carboxylic acids is 1. The highest BCUT2D eigenvalue weighted by molar-refractivity contribution is 5.87. The molecule has 114 valence electrons. The molecule has 1 fully saturated rings. The van der Waals surface area contributed by atoms with Crippen LogP contribution in [0.2, 0.25) is 0 Å². The van der Waals surface area contributed by atoms with E-state index in [1.54, 1.807) is 24.3 Å². The van der Waals surface area contributed by atoms with E-state index in [-0.39, 0.29) is 23.5 Å². The molecule has 0 spiro atoms. The number of carboxylic acid groups (broad SMARTS) is 1. The quantitative estimate of drug-likeness (QED) is 0.719. The Kier molecular flexibility index (Phi) is 4.83. The molecule has 0 aliphatic heterocycles. The van der Waals surface area contributed by atoms with Crippen LogP contribution in [0.15, 0.2) is 24.3 Å². The highest BCUT2D eigenvalue weighted by atomic mass is 16.4. The molecule has 2 rings (SSSR count). The van der Waals surface area contributed by atoms with E-state index < -0.39 is 12.0 Å². The highest BCUT2D eigenvalue weighted by Gasteiger charge is 2.44. The number of carbonyl (C=O) groups excluding carboxylic acids is 1. The Morgan fingerprint density at radius 2 is 2.00 bits per heavy atom. The Morgan fingerprint density at radius 3 is 2.57 bits per heavy atom. The van der Waals surface area contributed by atoms with Crippen LogP contribution in [-0.4, -0.2) is 28.1 Å². The van der Waals surface area contributed by atoms with Crippen molar-refractivity contribution in [2.75, 3.05) is 0 Å². The molecule has 1 saturated carbocycles. The van der Waals surface area contributed by atoms with Crippen molar-refractivity contribution in [3.8, 4) is 5.75 Å². The average Bonchev–Trinajstić information content (AvgIpc) is 3.24. The van der Waals surface area contributed by atoms with Crippen LogP contribution < -0.4 is 5.32 Å². The van der Waals surface area contributed by atoms with Gasteiger partial charge in [0.05, 0.1) is 0 Å². The fourth-order valence-electron chi connectivity index (χ4n) is 2.52. The predicted molar refractivity (Wildman–Crippen MR) is 78.0 cm³/mol. The molecule has 0 radical (unpaired) electrons. The van der Waals surface area contributed by atoms with Gasteiger partial charge < -0.3 is 15.5 Å². The highest BCUT2D eigenvalue weighted by Crippen LogP contribution is 2.47. The first-order valence-corrected chi connectivity index (χ1v) is 7.35. The van der Waals surface area contributed by atoms with Crippen LogP contribution in [0.1, 0.15) is 44.1 Å². The van der Waals surface area contributed by atoms with Crippen molar-refractivity contribution in [2.24, 2.45) is 5.92 Å². The van der Waals surface area contributed by atoms with Crippen molar-refractivity contribution in [1.29, 1.82) is 0 Å². The molecule has 1 aliphatic rings. The monoisotopic (exact) mass is 291 g/mol. The number of phenols is 1. The molecule has 21 heavy (non-hydrogen) atoms. The summed E-state index contributed by atoms with van der Waals surface area (Å²) < 4.78 is 0. The standard InChI is InChI=1S/C16H21NO4/c1-2-3-4-14(16(20)21)17-15(19)13-9-12(13)10-5-7-11(18)8-6-10/h5-8,12-14,18H,2-4,9H2,1H3,(H,17,19)(H,20,21). The van der Waals surface area contributed by atoms with E-state index in [1.807, 2.05) is 6.92 Å². The minimum Gasteiger partial charge on any atom is -0.508 e. The van der Waals surface area contributed by atoms with Gasteiger partial charge in [-0.3, -0.25) is 4.79 Å². The molecule has 5 heteroatoms. The van der Waals surface area contributed by atoms with E-state index in [0.29, 0.717) is 6.42 Å². The Hall–Kier alpha value is -2.04. The van der Waals surface area contributed by atoms with E-state index in [0.717, 1.165) is 24.8 Å². The summed E-state index contributed by atoms with van der Waals surface area (Å²) in [4.78, 5) is 23.2. The van der Waals surface area contributed by atoms with E-state index in [4.69, 9.17) is 5.11 Å². The minimum atomic E-state index is -0.973. The van der Waals surface area contributed by atoms with Crippen molar-refractivity contribution in [1.82, 2.24) is 5.32 Å². The van der Waals surface area contributed by atoms with Gasteiger partial charge in [-0.1, -0.05) is 31.9 Å². The summed E-state index contributed by atoms with van der Waals surface area (Å²) in [6.45, 7) is 1.99. The number of nitrogens with one attached hydrogen (secondary N) is 1. The van der Waals surface area contributed by atoms with E-state index in [2.05, 4.69) is 5.32 Å². The van der Waals surface area contributed by atoms with E-state index in [9.17, 15) is 14.7 Å². The molecule has 0 heterocycles. The van der Waals surface area contributed by atoms with E-state index in [1.165, 1.54) is 0 Å². The van der Waals surface area contributed by atoms with Crippen molar-refractivity contribution < 1.29 is 19.8 Å². The number of benzene rings is 1. The topological polar surface area (TPSA) is 86.6 Å².